The molecule has 0 aromatic heterocycles. The topological polar surface area (TPSA) is 48.6 Å². The van der Waals surface area contributed by atoms with Crippen LogP contribution in [0.2, 0.25) is 0 Å². The van der Waals surface area contributed by atoms with Crippen LogP contribution in [0.15, 0.2) is 40.3 Å². The molecule has 0 amide bonds. The summed E-state index contributed by atoms with van der Waals surface area (Å²) in [7, 11) is 0. The van der Waals surface area contributed by atoms with Gasteiger partial charge in [-0.2, -0.15) is 4.99 Å². The summed E-state index contributed by atoms with van der Waals surface area (Å²) in [6, 6.07) is 11.3. The third kappa shape index (κ3) is 2.56. The number of hydrogen-bond donors (Lipinski definition) is 1. The molecule has 0 saturated heterocycles. The predicted molar refractivity (Wildman–Crippen MR) is 44.7 cm³/mol. The van der Waals surface area contributed by atoms with Gasteiger partial charge in [-0.3, -0.25) is 0 Å². The summed E-state index contributed by atoms with van der Waals surface area (Å²) in [5.74, 6) is 0. The number of aliphatic imine (C=N–C) groups is 2. The average molecular weight is 145 g/mol. The lowest BCUT2D eigenvalue weighted by Crippen LogP contribution is -1.64. The Morgan fingerprint density at radius 3 is 2.64 bits per heavy atom. The van der Waals surface area contributed by atoms with Crippen molar-refractivity contribution in [2.45, 2.75) is 0 Å². The van der Waals surface area contributed by atoms with Gasteiger partial charge in [-0.05, 0) is 12.1 Å². The molecule has 3 nitrogen and oxygen atoms in total. The van der Waals surface area contributed by atoms with Gasteiger partial charge in [0.1, 0.15) is 6.34 Å². The molecule has 0 fully saturated rings. The molecule has 0 aliphatic carbocycles. The summed E-state index contributed by atoms with van der Waals surface area (Å²) < 4.78 is 0. The van der Waals surface area contributed by atoms with E-state index in [0.717, 1.165) is 5.69 Å². The highest BCUT2D eigenvalue weighted by atomic mass is 14.9. The van der Waals surface area contributed by atoms with Crippen molar-refractivity contribution in [3.8, 4) is 0 Å². The normalized spacial score (nSPS) is 9.45. The minimum atomic E-state index is 0.825. The van der Waals surface area contributed by atoms with Crippen LogP contribution in [0.4, 0.5) is 5.69 Å². The van der Waals surface area contributed by atoms with E-state index in [2.05, 4.69) is 9.98 Å². The molecule has 11 heavy (non-hydrogen) atoms. The highest BCUT2D eigenvalue weighted by molar-refractivity contribution is 5.68. The van der Waals surface area contributed by atoms with Crippen LogP contribution in [0.1, 0.15) is 0 Å². The Bertz CT molecular complexity index is 283. The summed E-state index contributed by atoms with van der Waals surface area (Å²) in [6.07, 6.45) is 1.29. The van der Waals surface area contributed by atoms with Crippen molar-refractivity contribution >= 4 is 18.0 Å². The van der Waals surface area contributed by atoms with E-state index < -0.39 is 0 Å². The maximum absolute atomic E-state index is 6.46. The average Bonchev–Trinajstić information content (AvgIpc) is 2.07. The summed E-state index contributed by atoms with van der Waals surface area (Å²) in [5, 5.41) is 6.46. The zero-order chi connectivity index (χ0) is 7.94. The minimum absolute atomic E-state index is 0.825. The Labute approximate surface area is 64.6 Å². The fourth-order valence-corrected chi connectivity index (χ4v) is 0.638. The molecule has 1 aromatic carbocycles. The molecule has 0 atom stereocenters. The van der Waals surface area contributed by atoms with Crippen LogP contribution in [0.25, 0.3) is 0 Å². The first kappa shape index (κ1) is 7.38. The van der Waals surface area contributed by atoms with Crippen molar-refractivity contribution in [2.24, 2.45) is 9.98 Å². The molecule has 0 bridgehead atoms. The van der Waals surface area contributed by atoms with E-state index in [0.29, 0.717) is 0 Å². The lowest BCUT2D eigenvalue weighted by atomic mass is 10.3. The van der Waals surface area contributed by atoms with Crippen molar-refractivity contribution in [1.82, 2.24) is 0 Å². The maximum Gasteiger partial charge on any atom is 0.127 e. The molecule has 1 N–H and O–H groups in total. The van der Waals surface area contributed by atoms with Crippen molar-refractivity contribution in [1.29, 1.82) is 5.41 Å². The molecule has 1 aromatic rings. The first-order chi connectivity index (χ1) is 5.43. The Morgan fingerprint density at radius 1 is 1.27 bits per heavy atom. The van der Waals surface area contributed by atoms with Crippen LogP contribution in [-0.2, 0) is 0 Å². The van der Waals surface area contributed by atoms with E-state index in [-0.39, 0.29) is 0 Å². The lowest BCUT2D eigenvalue weighted by Gasteiger charge is -1.86. The molecular weight excluding hydrogens is 138 g/mol. The van der Waals surface area contributed by atoms with Gasteiger partial charge < -0.3 is 0 Å². The fourth-order valence-electron chi connectivity index (χ4n) is 0.638. The van der Waals surface area contributed by atoms with Crippen molar-refractivity contribution < 1.29 is 0 Å². The number of nitrogens with one attached hydrogen (secondary N) is 1. The number of benzene rings is 1. The van der Waals surface area contributed by atoms with Gasteiger partial charge in [0, 0.05) is 0 Å². The second kappa shape index (κ2) is 4.14. The third-order valence-corrected chi connectivity index (χ3v) is 1.09. The van der Waals surface area contributed by atoms with E-state index in [1.165, 1.54) is 6.34 Å². The first-order valence-electron chi connectivity index (χ1n) is 3.12. The molecule has 3 heteroatoms. The molecule has 0 saturated carbocycles. The van der Waals surface area contributed by atoms with Gasteiger partial charge >= 0.3 is 0 Å². The Kier molecular flexibility index (Phi) is 2.78. The first-order valence-corrected chi connectivity index (χ1v) is 3.12. The Morgan fingerprint density at radius 2 is 2.00 bits per heavy atom. The van der Waals surface area contributed by atoms with Gasteiger partial charge in [-0.25, -0.2) is 10.4 Å². The van der Waals surface area contributed by atoms with Gasteiger partial charge in [0.15, 0.2) is 0 Å². The molecule has 0 heterocycles. The van der Waals surface area contributed by atoms with Gasteiger partial charge in [0.05, 0.1) is 11.7 Å². The van der Waals surface area contributed by atoms with Crippen LogP contribution in [0, 0.1) is 5.41 Å². The van der Waals surface area contributed by atoms with E-state index >= 15 is 0 Å². The molecule has 0 unspecified atom stereocenters. The highest BCUT2D eigenvalue weighted by Crippen LogP contribution is 2.07. The molecule has 0 radical (unpaired) electrons. The largest absolute Gasteiger partial charge is 0.241 e. The van der Waals surface area contributed by atoms with E-state index in [1.54, 1.807) is 0 Å². The van der Waals surface area contributed by atoms with E-state index in [9.17, 15) is 0 Å². The zero-order valence-corrected chi connectivity index (χ0v) is 5.86. The highest BCUT2D eigenvalue weighted by Gasteiger charge is 1.80. The van der Waals surface area contributed by atoms with Crippen LogP contribution in [0.3, 0.4) is 0 Å². The SMILES string of the molecule is N=C=NC=Nc1ccccc1. The Hall–Kier alpha value is -1.73. The maximum atomic E-state index is 6.46. The molecule has 0 aliphatic heterocycles. The van der Waals surface area contributed by atoms with E-state index in [4.69, 9.17) is 5.41 Å². The Balaban J connectivity index is 2.72. The number of nitrogens with zero attached hydrogens (tertiary/aromatic N) is 2. The van der Waals surface area contributed by atoms with Crippen LogP contribution < -0.4 is 0 Å². The van der Waals surface area contributed by atoms with Gasteiger partial charge in [0.2, 0.25) is 0 Å². The van der Waals surface area contributed by atoms with Gasteiger partial charge in [-0.15, -0.1) is 0 Å². The molecule has 0 aliphatic rings. The molecule has 54 valence electrons. The number of para-hydroxylation sites is 1. The van der Waals surface area contributed by atoms with Crippen LogP contribution in [-0.4, -0.2) is 12.3 Å². The van der Waals surface area contributed by atoms with Gasteiger partial charge in [0.25, 0.3) is 0 Å². The second-order valence-electron chi connectivity index (χ2n) is 1.82. The smallest absolute Gasteiger partial charge is 0.127 e. The number of rotatable bonds is 2. The van der Waals surface area contributed by atoms with Gasteiger partial charge in [-0.1, -0.05) is 18.2 Å². The summed E-state index contributed by atoms with van der Waals surface area (Å²) >= 11 is 0. The second-order valence-corrected chi connectivity index (χ2v) is 1.82. The molecule has 1 rings (SSSR count). The van der Waals surface area contributed by atoms with Crippen molar-refractivity contribution in [3.63, 3.8) is 0 Å². The third-order valence-electron chi connectivity index (χ3n) is 1.09. The van der Waals surface area contributed by atoms with Crippen molar-refractivity contribution in [3.05, 3.63) is 30.3 Å². The zero-order valence-electron chi connectivity index (χ0n) is 5.86. The van der Waals surface area contributed by atoms with Crippen LogP contribution >= 0.6 is 0 Å². The quantitative estimate of drug-likeness (QED) is 0.489. The minimum Gasteiger partial charge on any atom is -0.241 e. The lowest BCUT2D eigenvalue weighted by molar-refractivity contribution is 1.50. The van der Waals surface area contributed by atoms with Crippen LogP contribution in [0.5, 0.6) is 0 Å². The summed E-state index contributed by atoms with van der Waals surface area (Å²) in [4.78, 5) is 7.31. The number of hydrogen-bond acceptors (Lipinski definition) is 2. The summed E-state index contributed by atoms with van der Waals surface area (Å²) in [6.45, 7) is 0. The predicted octanol–water partition coefficient (Wildman–Crippen LogP) is 2.10. The standard InChI is InChI=1S/C8H7N3/c9-6-10-7-11-8-4-2-1-3-5-8/h1-5,7,9H. The molecule has 0 spiro atoms. The summed E-state index contributed by atoms with van der Waals surface area (Å²) in [5.41, 5.74) is 0.825. The monoisotopic (exact) mass is 145 g/mol. The fraction of sp³-hybridized carbons (Fsp3) is 0. The van der Waals surface area contributed by atoms with Crippen molar-refractivity contribution in [2.75, 3.05) is 0 Å². The van der Waals surface area contributed by atoms with E-state index in [1.807, 2.05) is 36.3 Å². The molecular formula is C8H7N3.